The SMILES string of the molecule is C=C/C(Br)=C/CC(OCc1ccccc1)c1ccc(C(F)(F)F)cc1. The summed E-state index contributed by atoms with van der Waals surface area (Å²) in [7, 11) is 0. The van der Waals surface area contributed by atoms with Gasteiger partial charge < -0.3 is 4.74 Å². The summed E-state index contributed by atoms with van der Waals surface area (Å²) in [6.07, 6.45) is -0.633. The van der Waals surface area contributed by atoms with Crippen LogP contribution in [0.5, 0.6) is 0 Å². The topological polar surface area (TPSA) is 9.23 Å². The molecule has 0 spiro atoms. The Labute approximate surface area is 154 Å². The van der Waals surface area contributed by atoms with E-state index in [9.17, 15) is 13.2 Å². The maximum atomic E-state index is 12.7. The predicted molar refractivity (Wildman–Crippen MR) is 97.2 cm³/mol. The van der Waals surface area contributed by atoms with E-state index in [0.717, 1.165) is 22.2 Å². The van der Waals surface area contributed by atoms with Gasteiger partial charge in [0.2, 0.25) is 0 Å². The number of halogens is 4. The Hall–Kier alpha value is -1.85. The first-order chi connectivity index (χ1) is 11.9. The summed E-state index contributed by atoms with van der Waals surface area (Å²) in [5.41, 5.74) is 1.04. The first-order valence-corrected chi connectivity index (χ1v) is 8.50. The molecule has 5 heteroatoms. The Morgan fingerprint density at radius 2 is 1.72 bits per heavy atom. The normalized spacial score (nSPS) is 13.5. The second-order valence-electron chi connectivity index (χ2n) is 5.43. The molecule has 0 N–H and O–H groups in total. The first kappa shape index (κ1) is 19.5. The molecule has 0 aliphatic heterocycles. The number of hydrogen-bond acceptors (Lipinski definition) is 1. The molecule has 2 aromatic carbocycles. The highest BCUT2D eigenvalue weighted by atomic mass is 79.9. The molecule has 0 amide bonds. The molecule has 2 rings (SSSR count). The van der Waals surface area contributed by atoms with Gasteiger partial charge in [0.25, 0.3) is 0 Å². The summed E-state index contributed by atoms with van der Waals surface area (Å²) in [5, 5.41) is 0. The predicted octanol–water partition coefficient (Wildman–Crippen LogP) is 6.82. The van der Waals surface area contributed by atoms with Crippen molar-refractivity contribution in [2.45, 2.75) is 25.3 Å². The molecule has 1 nitrogen and oxygen atoms in total. The fourth-order valence-electron chi connectivity index (χ4n) is 2.26. The average Bonchev–Trinajstić information content (AvgIpc) is 2.61. The minimum absolute atomic E-state index is 0.352. The zero-order valence-electron chi connectivity index (χ0n) is 13.5. The molecule has 0 aromatic heterocycles. The molecule has 1 unspecified atom stereocenters. The molecule has 0 bridgehead atoms. The van der Waals surface area contributed by atoms with Gasteiger partial charge in [-0.2, -0.15) is 13.2 Å². The minimum Gasteiger partial charge on any atom is -0.369 e. The Balaban J connectivity index is 2.16. The molecule has 25 heavy (non-hydrogen) atoms. The Kier molecular flexibility index (Phi) is 7.02. The quantitative estimate of drug-likeness (QED) is 0.455. The highest BCUT2D eigenvalue weighted by Crippen LogP contribution is 2.31. The lowest BCUT2D eigenvalue weighted by Crippen LogP contribution is -2.07. The van der Waals surface area contributed by atoms with Crippen molar-refractivity contribution in [1.82, 2.24) is 0 Å². The van der Waals surface area contributed by atoms with Gasteiger partial charge in [-0.1, -0.05) is 77.1 Å². The number of alkyl halides is 3. The van der Waals surface area contributed by atoms with E-state index in [-0.39, 0.29) is 6.10 Å². The monoisotopic (exact) mass is 410 g/mol. The molecule has 1 atom stereocenters. The minimum atomic E-state index is -4.34. The Morgan fingerprint density at radius 1 is 1.08 bits per heavy atom. The van der Waals surface area contributed by atoms with Crippen LogP contribution in [0.4, 0.5) is 13.2 Å². The highest BCUT2D eigenvalue weighted by molar-refractivity contribution is 9.11. The molecule has 0 heterocycles. The number of benzene rings is 2. The number of hydrogen-bond donors (Lipinski definition) is 0. The van der Waals surface area contributed by atoms with Crippen LogP contribution in [-0.2, 0) is 17.5 Å². The van der Waals surface area contributed by atoms with E-state index in [0.29, 0.717) is 18.6 Å². The molecule has 0 aliphatic rings. The van der Waals surface area contributed by atoms with Crippen LogP contribution in [0.2, 0.25) is 0 Å². The van der Waals surface area contributed by atoms with Gasteiger partial charge in [-0.25, -0.2) is 0 Å². The summed E-state index contributed by atoms with van der Waals surface area (Å²) in [4.78, 5) is 0. The summed E-state index contributed by atoms with van der Waals surface area (Å²) >= 11 is 3.35. The van der Waals surface area contributed by atoms with Gasteiger partial charge in [0, 0.05) is 4.48 Å². The van der Waals surface area contributed by atoms with Gasteiger partial charge in [0.15, 0.2) is 0 Å². The van der Waals surface area contributed by atoms with Crippen molar-refractivity contribution >= 4 is 15.9 Å². The molecule has 2 aromatic rings. The van der Waals surface area contributed by atoms with Gasteiger partial charge in [0.05, 0.1) is 18.3 Å². The maximum absolute atomic E-state index is 12.7. The van der Waals surface area contributed by atoms with Gasteiger partial charge in [0.1, 0.15) is 0 Å². The smallest absolute Gasteiger partial charge is 0.369 e. The average molecular weight is 411 g/mol. The van der Waals surface area contributed by atoms with Crippen LogP contribution in [-0.4, -0.2) is 0 Å². The molecular weight excluding hydrogens is 393 g/mol. The third kappa shape index (κ3) is 6.18. The standard InChI is InChI=1S/C20H18BrF3O/c1-2-18(21)12-13-19(25-14-15-6-4-3-5-7-15)16-8-10-17(11-9-16)20(22,23)24/h2-12,19H,1,13-14H2/b18-12-. The molecule has 0 saturated heterocycles. The second kappa shape index (κ2) is 9.02. The Morgan fingerprint density at radius 3 is 2.28 bits per heavy atom. The van der Waals surface area contributed by atoms with E-state index < -0.39 is 11.7 Å². The molecule has 0 aliphatic carbocycles. The molecule has 0 fully saturated rings. The lowest BCUT2D eigenvalue weighted by molar-refractivity contribution is -0.137. The van der Waals surface area contributed by atoms with Crippen LogP contribution >= 0.6 is 15.9 Å². The number of allylic oxidation sites excluding steroid dienone is 2. The summed E-state index contributed by atoms with van der Waals surface area (Å²) < 4.78 is 45.0. The van der Waals surface area contributed by atoms with Crippen LogP contribution in [0.15, 0.2) is 77.8 Å². The lowest BCUT2D eigenvalue weighted by Gasteiger charge is -2.18. The van der Waals surface area contributed by atoms with Crippen molar-refractivity contribution in [2.24, 2.45) is 0 Å². The highest BCUT2D eigenvalue weighted by Gasteiger charge is 2.30. The number of rotatable bonds is 7. The zero-order chi connectivity index (χ0) is 18.3. The maximum Gasteiger partial charge on any atom is 0.416 e. The first-order valence-electron chi connectivity index (χ1n) is 7.71. The summed E-state index contributed by atoms with van der Waals surface area (Å²) in [6, 6.07) is 14.7. The van der Waals surface area contributed by atoms with Crippen molar-refractivity contribution in [3.05, 3.63) is 94.5 Å². The van der Waals surface area contributed by atoms with Crippen LogP contribution in [0.25, 0.3) is 0 Å². The van der Waals surface area contributed by atoms with Crippen molar-refractivity contribution in [1.29, 1.82) is 0 Å². The van der Waals surface area contributed by atoms with E-state index in [1.165, 1.54) is 12.1 Å². The molecule has 0 saturated carbocycles. The van der Waals surface area contributed by atoms with Crippen molar-refractivity contribution in [3.63, 3.8) is 0 Å². The van der Waals surface area contributed by atoms with Crippen LogP contribution in [0, 0.1) is 0 Å². The van der Waals surface area contributed by atoms with Crippen molar-refractivity contribution < 1.29 is 17.9 Å². The second-order valence-corrected chi connectivity index (χ2v) is 6.35. The molecule has 0 radical (unpaired) electrons. The largest absolute Gasteiger partial charge is 0.416 e. The van der Waals surface area contributed by atoms with Crippen LogP contribution in [0.1, 0.15) is 29.2 Å². The van der Waals surface area contributed by atoms with E-state index >= 15 is 0 Å². The van der Waals surface area contributed by atoms with E-state index in [2.05, 4.69) is 22.5 Å². The van der Waals surface area contributed by atoms with E-state index in [1.807, 2.05) is 36.4 Å². The van der Waals surface area contributed by atoms with E-state index in [1.54, 1.807) is 6.08 Å². The molecular formula is C20H18BrF3O. The van der Waals surface area contributed by atoms with Gasteiger partial charge in [-0.15, -0.1) is 0 Å². The van der Waals surface area contributed by atoms with Crippen molar-refractivity contribution in [3.8, 4) is 0 Å². The third-order valence-corrected chi connectivity index (χ3v) is 4.27. The van der Waals surface area contributed by atoms with Gasteiger partial charge in [-0.3, -0.25) is 0 Å². The van der Waals surface area contributed by atoms with Crippen LogP contribution < -0.4 is 0 Å². The van der Waals surface area contributed by atoms with E-state index in [4.69, 9.17) is 4.74 Å². The van der Waals surface area contributed by atoms with Gasteiger partial charge >= 0.3 is 6.18 Å². The fraction of sp³-hybridized carbons (Fsp3) is 0.200. The number of ether oxygens (including phenoxy) is 1. The third-order valence-electron chi connectivity index (χ3n) is 3.63. The van der Waals surface area contributed by atoms with Crippen LogP contribution in [0.3, 0.4) is 0 Å². The summed E-state index contributed by atoms with van der Waals surface area (Å²) in [6.45, 7) is 4.04. The van der Waals surface area contributed by atoms with Crippen molar-refractivity contribution in [2.75, 3.05) is 0 Å². The Bertz CT molecular complexity index is 706. The molecule has 132 valence electrons. The summed E-state index contributed by atoms with van der Waals surface area (Å²) in [5.74, 6) is 0. The fourth-order valence-corrected chi connectivity index (χ4v) is 2.45. The zero-order valence-corrected chi connectivity index (χ0v) is 15.1. The lowest BCUT2D eigenvalue weighted by atomic mass is 10.0. The van der Waals surface area contributed by atoms with Gasteiger partial charge in [-0.05, 0) is 29.7 Å².